The Morgan fingerprint density at radius 2 is 1.50 bits per heavy atom. The topological polar surface area (TPSA) is 49.5 Å². The Morgan fingerprint density at radius 3 is 1.94 bits per heavy atom. The molecule has 1 heterocycles. The smallest absolute Gasteiger partial charge is 0.369 e. The number of methoxy groups -OCH3 is 1. The molecule has 1 unspecified atom stereocenters. The molecule has 16 heavy (non-hydrogen) atoms. The zero-order valence-corrected chi connectivity index (χ0v) is 10.8. The summed E-state index contributed by atoms with van der Waals surface area (Å²) in [4.78, 5) is 0. The molecule has 0 saturated heterocycles. The first-order valence-electron chi connectivity index (χ1n) is 3.71. The molecule has 0 aliphatic carbocycles. The lowest BCUT2D eigenvalue weighted by atomic mass is 11.1. The maximum atomic E-state index is 13.8. The normalized spacial score (nSPS) is 31.5. The van der Waals surface area contributed by atoms with Crippen molar-refractivity contribution in [3.05, 3.63) is 0 Å². The fourth-order valence-corrected chi connectivity index (χ4v) is 6.83. The van der Waals surface area contributed by atoms with Crippen LogP contribution in [0.25, 0.3) is 0 Å². The SMILES string of the molecule is COCN(C)P1(F)=NP(F)(F)=NP(F)(F)=N1. The summed E-state index contributed by atoms with van der Waals surface area (Å²) in [7, 11) is -13.8. The Balaban J connectivity index is 3.31. The number of hydrogen-bond donors (Lipinski definition) is 0. The van der Waals surface area contributed by atoms with Gasteiger partial charge in [0.25, 0.3) is 0 Å². The van der Waals surface area contributed by atoms with E-state index in [1.807, 2.05) is 4.52 Å². The van der Waals surface area contributed by atoms with E-state index in [9.17, 15) is 21.0 Å². The molecule has 0 N–H and O–H groups in total. The fraction of sp³-hybridized carbons (Fsp3) is 1.00. The summed E-state index contributed by atoms with van der Waals surface area (Å²) < 4.78 is 76.7. The van der Waals surface area contributed by atoms with Crippen LogP contribution >= 0.6 is 23.3 Å². The summed E-state index contributed by atoms with van der Waals surface area (Å²) in [5.41, 5.74) is 0. The van der Waals surface area contributed by atoms with Gasteiger partial charge in [0.15, 0.2) is 0 Å². The van der Waals surface area contributed by atoms with E-state index < -0.39 is 30.1 Å². The molecular weight excluding hydrogens is 296 g/mol. The van der Waals surface area contributed by atoms with Crippen molar-refractivity contribution in [1.29, 1.82) is 0 Å². The first-order valence-corrected chi connectivity index (χ1v) is 8.20. The van der Waals surface area contributed by atoms with Crippen LogP contribution in [-0.4, -0.2) is 25.6 Å². The molecule has 0 saturated carbocycles. The van der Waals surface area contributed by atoms with Crippen LogP contribution in [-0.2, 0) is 4.74 Å². The lowest BCUT2D eigenvalue weighted by Gasteiger charge is -2.24. The standard InChI is InChI=1S/C3H8F5N4OP3/c1-12(3-13-2)16(8)10-14(4,5)9-15(6,7)11-16/h3H2,1-2H3. The van der Waals surface area contributed by atoms with Gasteiger partial charge in [-0.3, -0.25) is 0 Å². The summed E-state index contributed by atoms with van der Waals surface area (Å²) >= 11 is 0. The van der Waals surface area contributed by atoms with Crippen molar-refractivity contribution < 1.29 is 25.7 Å². The number of halogens is 5. The van der Waals surface area contributed by atoms with Crippen LogP contribution in [0, 0.1) is 0 Å². The number of hydrogen-bond acceptors (Lipinski definition) is 5. The molecule has 0 aromatic heterocycles. The molecule has 1 rings (SSSR count). The van der Waals surface area contributed by atoms with Gasteiger partial charge in [-0.2, -0.15) is 4.20 Å². The van der Waals surface area contributed by atoms with Gasteiger partial charge in [-0.15, -0.1) is 30.3 Å². The summed E-state index contributed by atoms with van der Waals surface area (Å²) in [5.74, 6) is 0. The van der Waals surface area contributed by atoms with Crippen molar-refractivity contribution in [3.8, 4) is 0 Å². The first-order chi connectivity index (χ1) is 7.10. The van der Waals surface area contributed by atoms with Crippen LogP contribution in [0.3, 0.4) is 0 Å². The lowest BCUT2D eigenvalue weighted by Crippen LogP contribution is -2.15. The van der Waals surface area contributed by atoms with Gasteiger partial charge < -0.3 is 4.74 Å². The average Bonchev–Trinajstić information content (AvgIpc) is 1.97. The third-order valence-corrected chi connectivity index (χ3v) is 7.66. The van der Waals surface area contributed by atoms with E-state index in [4.69, 9.17) is 0 Å². The van der Waals surface area contributed by atoms with Crippen LogP contribution < -0.4 is 0 Å². The minimum Gasteiger partial charge on any atom is -0.369 e. The minimum absolute atomic E-state index is 0.461. The van der Waals surface area contributed by atoms with Crippen LogP contribution in [0.15, 0.2) is 13.5 Å². The maximum Gasteiger partial charge on any atom is 0.424 e. The largest absolute Gasteiger partial charge is 0.424 e. The molecule has 5 nitrogen and oxygen atoms in total. The van der Waals surface area contributed by atoms with Crippen molar-refractivity contribution in [2.75, 3.05) is 20.9 Å². The number of ether oxygens (including phenoxy) is 1. The highest BCUT2D eigenvalue weighted by molar-refractivity contribution is 7.78. The van der Waals surface area contributed by atoms with Crippen LogP contribution in [0.1, 0.15) is 0 Å². The van der Waals surface area contributed by atoms with E-state index in [2.05, 4.69) is 13.8 Å². The highest BCUT2D eigenvalue weighted by atomic mass is 31.3. The Hall–Kier alpha value is 0.260. The monoisotopic (exact) mass is 304 g/mol. The Morgan fingerprint density at radius 1 is 1.00 bits per heavy atom. The van der Waals surface area contributed by atoms with Crippen LogP contribution in [0.5, 0.6) is 0 Å². The third kappa shape index (κ3) is 3.37. The molecule has 0 aromatic rings. The zero-order chi connectivity index (χ0) is 12.6. The predicted molar refractivity (Wildman–Crippen MR) is 53.2 cm³/mol. The maximum absolute atomic E-state index is 13.8. The van der Waals surface area contributed by atoms with Gasteiger partial charge in [0.1, 0.15) is 6.73 Å². The van der Waals surface area contributed by atoms with Gasteiger partial charge in [-0.25, -0.2) is 4.67 Å². The quantitative estimate of drug-likeness (QED) is 0.407. The van der Waals surface area contributed by atoms with Gasteiger partial charge in [-0.1, -0.05) is 0 Å². The van der Waals surface area contributed by atoms with E-state index in [0.717, 1.165) is 14.2 Å². The minimum atomic E-state index is -5.62. The second-order valence-electron chi connectivity index (χ2n) is 2.75. The fourth-order valence-electron chi connectivity index (χ4n) is 0.854. The molecule has 0 spiro atoms. The predicted octanol–water partition coefficient (Wildman–Crippen LogP) is 5.22. The van der Waals surface area contributed by atoms with Crippen molar-refractivity contribution >= 4 is 23.3 Å². The number of rotatable bonds is 3. The van der Waals surface area contributed by atoms with E-state index >= 15 is 0 Å². The Kier molecular flexibility index (Phi) is 4.03. The molecule has 13 heteroatoms. The number of nitrogens with zero attached hydrogens (tertiary/aromatic N) is 4. The Labute approximate surface area is 89.0 Å². The van der Waals surface area contributed by atoms with Crippen molar-refractivity contribution in [2.24, 2.45) is 13.5 Å². The van der Waals surface area contributed by atoms with E-state index in [-0.39, 0.29) is 0 Å². The third-order valence-electron chi connectivity index (χ3n) is 1.41. The molecule has 1 aliphatic heterocycles. The van der Waals surface area contributed by atoms with E-state index in [1.165, 1.54) is 0 Å². The van der Waals surface area contributed by atoms with Gasteiger partial charge >= 0.3 is 23.3 Å². The summed E-state index contributed by atoms with van der Waals surface area (Å²) in [6.07, 6.45) is 0. The highest BCUT2D eigenvalue weighted by Crippen LogP contribution is 2.82. The van der Waals surface area contributed by atoms with E-state index in [0.29, 0.717) is 4.67 Å². The van der Waals surface area contributed by atoms with Crippen molar-refractivity contribution in [1.82, 2.24) is 4.67 Å². The molecular formula is C3H8F5N4OP3. The molecule has 0 bridgehead atoms. The van der Waals surface area contributed by atoms with Crippen LogP contribution in [0.2, 0.25) is 0 Å². The summed E-state index contributed by atoms with van der Waals surface area (Å²) in [6.45, 7) is -0.461. The van der Waals surface area contributed by atoms with Crippen LogP contribution in [0.4, 0.5) is 21.0 Å². The van der Waals surface area contributed by atoms with Crippen molar-refractivity contribution in [2.45, 2.75) is 0 Å². The van der Waals surface area contributed by atoms with Gasteiger partial charge in [0, 0.05) is 7.11 Å². The van der Waals surface area contributed by atoms with Crippen molar-refractivity contribution in [3.63, 3.8) is 0 Å². The second-order valence-corrected chi connectivity index (χ2v) is 8.39. The molecule has 0 amide bonds. The average molecular weight is 304 g/mol. The molecule has 96 valence electrons. The Bertz CT molecular complexity index is 431. The summed E-state index contributed by atoms with van der Waals surface area (Å²) in [6, 6.07) is 0. The first kappa shape index (κ1) is 14.3. The zero-order valence-electron chi connectivity index (χ0n) is 8.14. The summed E-state index contributed by atoms with van der Waals surface area (Å²) in [5, 5.41) is 0. The second kappa shape index (κ2) is 4.50. The molecule has 1 atom stereocenters. The van der Waals surface area contributed by atoms with Gasteiger partial charge in [0.05, 0.1) is 0 Å². The van der Waals surface area contributed by atoms with Gasteiger partial charge in [0.2, 0.25) is 0 Å². The van der Waals surface area contributed by atoms with Gasteiger partial charge in [-0.05, 0) is 7.05 Å². The molecule has 0 aromatic carbocycles. The highest BCUT2D eigenvalue weighted by Gasteiger charge is 2.41. The lowest BCUT2D eigenvalue weighted by molar-refractivity contribution is 0.130. The molecule has 0 fully saturated rings. The molecule has 1 aliphatic rings. The van der Waals surface area contributed by atoms with E-state index in [1.54, 1.807) is 0 Å². The molecule has 0 radical (unpaired) electrons.